The summed E-state index contributed by atoms with van der Waals surface area (Å²) in [6, 6.07) is 20.5. The van der Waals surface area contributed by atoms with E-state index >= 15 is 0 Å². The molecule has 8 heteroatoms. The standard InChI is InChI=1S/C26H26ClN3O3S/c27-25-10-9-24(34-25)26(31)28-16-21-15-23(29-33-21)19-7-5-18(6-8-19)22-4-2-1-3-20(22)17-30-11-13-32-14-12-30/h1-10,21H,11-17H2,(H,28,31). The smallest absolute Gasteiger partial charge is 0.261 e. The molecule has 1 atom stereocenters. The molecule has 0 spiro atoms. The van der Waals surface area contributed by atoms with E-state index in [0.717, 1.165) is 44.1 Å². The first-order valence-corrected chi connectivity index (χ1v) is 12.6. The molecule has 3 heterocycles. The molecule has 6 nitrogen and oxygen atoms in total. The van der Waals surface area contributed by atoms with Crippen molar-refractivity contribution in [3.63, 3.8) is 0 Å². The molecule has 2 aromatic carbocycles. The third kappa shape index (κ3) is 5.50. The summed E-state index contributed by atoms with van der Waals surface area (Å²) in [6.45, 7) is 4.86. The Hall–Kier alpha value is -2.71. The summed E-state index contributed by atoms with van der Waals surface area (Å²) in [5, 5.41) is 7.17. The molecule has 176 valence electrons. The predicted octanol–water partition coefficient (Wildman–Crippen LogP) is 4.82. The van der Waals surface area contributed by atoms with E-state index in [1.165, 1.54) is 28.0 Å². The largest absolute Gasteiger partial charge is 0.390 e. The van der Waals surface area contributed by atoms with Crippen LogP contribution in [-0.4, -0.2) is 55.5 Å². The van der Waals surface area contributed by atoms with Crippen LogP contribution < -0.4 is 5.32 Å². The molecule has 0 aliphatic carbocycles. The lowest BCUT2D eigenvalue weighted by Gasteiger charge is -2.27. The number of nitrogens with one attached hydrogen (secondary N) is 1. The van der Waals surface area contributed by atoms with E-state index in [-0.39, 0.29) is 12.0 Å². The Kier molecular flexibility index (Phi) is 7.25. The van der Waals surface area contributed by atoms with Crippen molar-refractivity contribution in [2.75, 3.05) is 32.8 Å². The SMILES string of the molecule is O=C(NCC1CC(c2ccc(-c3ccccc3CN3CCOCC3)cc2)=NO1)c1ccc(Cl)s1. The van der Waals surface area contributed by atoms with E-state index in [4.69, 9.17) is 21.2 Å². The third-order valence-corrected chi connectivity index (χ3v) is 7.29. The Morgan fingerprint density at radius 1 is 1.06 bits per heavy atom. The predicted molar refractivity (Wildman–Crippen MR) is 136 cm³/mol. The molecule has 1 amide bonds. The first kappa shape index (κ1) is 23.1. The fraction of sp³-hybridized carbons (Fsp3) is 0.308. The molecule has 1 saturated heterocycles. The molecule has 1 aromatic heterocycles. The van der Waals surface area contributed by atoms with Gasteiger partial charge in [-0.1, -0.05) is 65.3 Å². The summed E-state index contributed by atoms with van der Waals surface area (Å²) < 4.78 is 6.08. The van der Waals surface area contributed by atoms with Gasteiger partial charge < -0.3 is 14.9 Å². The second-order valence-electron chi connectivity index (χ2n) is 8.41. The second kappa shape index (κ2) is 10.7. The third-order valence-electron chi connectivity index (χ3n) is 6.06. The molecule has 1 N–H and O–H groups in total. The number of nitrogens with zero attached hydrogens (tertiary/aromatic N) is 2. The zero-order chi connectivity index (χ0) is 23.3. The Morgan fingerprint density at radius 2 is 1.82 bits per heavy atom. The van der Waals surface area contributed by atoms with E-state index < -0.39 is 0 Å². The van der Waals surface area contributed by atoms with Gasteiger partial charge in [0.25, 0.3) is 5.91 Å². The van der Waals surface area contributed by atoms with Crippen LogP contribution in [0.25, 0.3) is 11.1 Å². The van der Waals surface area contributed by atoms with Crippen LogP contribution in [-0.2, 0) is 16.1 Å². The zero-order valence-corrected chi connectivity index (χ0v) is 20.3. The van der Waals surface area contributed by atoms with E-state index in [9.17, 15) is 4.79 Å². The van der Waals surface area contributed by atoms with E-state index in [1.807, 2.05) is 0 Å². The van der Waals surface area contributed by atoms with Gasteiger partial charge in [0.15, 0.2) is 0 Å². The average Bonchev–Trinajstić information content (AvgIpc) is 3.53. The lowest BCUT2D eigenvalue weighted by atomic mass is 9.96. The van der Waals surface area contributed by atoms with Gasteiger partial charge in [-0.15, -0.1) is 11.3 Å². The van der Waals surface area contributed by atoms with Gasteiger partial charge in [0.2, 0.25) is 0 Å². The first-order valence-electron chi connectivity index (χ1n) is 11.4. The molecular formula is C26H26ClN3O3S. The summed E-state index contributed by atoms with van der Waals surface area (Å²) >= 11 is 7.17. The molecule has 1 fully saturated rings. The maximum atomic E-state index is 12.2. The highest BCUT2D eigenvalue weighted by Crippen LogP contribution is 2.27. The molecule has 0 radical (unpaired) electrons. The van der Waals surface area contributed by atoms with Crippen LogP contribution in [0.1, 0.15) is 27.2 Å². The molecule has 1 unspecified atom stereocenters. The van der Waals surface area contributed by atoms with Crippen LogP contribution in [0, 0.1) is 0 Å². The summed E-state index contributed by atoms with van der Waals surface area (Å²) in [6.07, 6.45) is 0.474. The number of halogens is 1. The topological polar surface area (TPSA) is 63.2 Å². The minimum atomic E-state index is -0.177. The zero-order valence-electron chi connectivity index (χ0n) is 18.7. The van der Waals surface area contributed by atoms with Crippen molar-refractivity contribution in [2.45, 2.75) is 19.1 Å². The Morgan fingerprint density at radius 3 is 2.59 bits per heavy atom. The number of rotatable bonds is 7. The van der Waals surface area contributed by atoms with Crippen LogP contribution in [0.2, 0.25) is 4.34 Å². The van der Waals surface area contributed by atoms with Gasteiger partial charge in [0, 0.05) is 26.1 Å². The van der Waals surface area contributed by atoms with Crippen LogP contribution in [0.3, 0.4) is 0 Å². The number of ether oxygens (including phenoxy) is 1. The van der Waals surface area contributed by atoms with Crippen molar-refractivity contribution in [3.8, 4) is 11.1 Å². The number of amides is 1. The Labute approximate surface area is 208 Å². The fourth-order valence-corrected chi connectivity index (χ4v) is 5.18. The Bertz CT molecular complexity index is 1170. The highest BCUT2D eigenvalue weighted by Gasteiger charge is 2.23. The number of hydrogen-bond donors (Lipinski definition) is 1. The van der Waals surface area contributed by atoms with E-state index in [1.54, 1.807) is 12.1 Å². The molecule has 34 heavy (non-hydrogen) atoms. The van der Waals surface area contributed by atoms with Crippen molar-refractivity contribution in [1.82, 2.24) is 10.2 Å². The van der Waals surface area contributed by atoms with Crippen molar-refractivity contribution >= 4 is 34.6 Å². The summed E-state index contributed by atoms with van der Waals surface area (Å²) in [4.78, 5) is 20.8. The van der Waals surface area contributed by atoms with Gasteiger partial charge >= 0.3 is 0 Å². The molecule has 2 aliphatic rings. The molecule has 0 bridgehead atoms. The summed E-state index contributed by atoms with van der Waals surface area (Å²) in [5.74, 6) is -0.144. The average molecular weight is 496 g/mol. The second-order valence-corrected chi connectivity index (χ2v) is 10.1. The lowest BCUT2D eigenvalue weighted by molar-refractivity contribution is 0.0342. The highest BCUT2D eigenvalue weighted by atomic mass is 35.5. The summed E-state index contributed by atoms with van der Waals surface area (Å²) in [7, 11) is 0. The highest BCUT2D eigenvalue weighted by molar-refractivity contribution is 7.18. The maximum absolute atomic E-state index is 12.2. The summed E-state index contributed by atoms with van der Waals surface area (Å²) in [5.41, 5.74) is 5.69. The van der Waals surface area contributed by atoms with Crippen molar-refractivity contribution in [3.05, 3.63) is 81.0 Å². The number of carbonyl (C=O) groups is 1. The van der Waals surface area contributed by atoms with Gasteiger partial charge in [0.05, 0.1) is 34.7 Å². The number of benzene rings is 2. The van der Waals surface area contributed by atoms with Gasteiger partial charge in [0.1, 0.15) is 6.10 Å². The monoisotopic (exact) mass is 495 g/mol. The molecule has 3 aromatic rings. The van der Waals surface area contributed by atoms with Crippen molar-refractivity contribution in [1.29, 1.82) is 0 Å². The van der Waals surface area contributed by atoms with E-state index in [2.05, 4.69) is 63.9 Å². The minimum Gasteiger partial charge on any atom is -0.390 e. The number of morpholine rings is 1. The number of hydrogen-bond acceptors (Lipinski definition) is 6. The van der Waals surface area contributed by atoms with Gasteiger partial charge in [-0.3, -0.25) is 9.69 Å². The van der Waals surface area contributed by atoms with Gasteiger partial charge in [-0.2, -0.15) is 0 Å². The number of oxime groups is 1. The Balaban J connectivity index is 1.19. The molecule has 0 saturated carbocycles. The molecular weight excluding hydrogens is 470 g/mol. The van der Waals surface area contributed by atoms with E-state index in [0.29, 0.717) is 22.2 Å². The lowest BCUT2D eigenvalue weighted by Crippen LogP contribution is -2.35. The van der Waals surface area contributed by atoms with Gasteiger partial charge in [-0.05, 0) is 34.4 Å². The molecule has 2 aliphatic heterocycles. The molecule has 5 rings (SSSR count). The van der Waals surface area contributed by atoms with Crippen molar-refractivity contribution in [2.24, 2.45) is 5.16 Å². The maximum Gasteiger partial charge on any atom is 0.261 e. The quantitative estimate of drug-likeness (QED) is 0.510. The van der Waals surface area contributed by atoms with Crippen LogP contribution in [0.5, 0.6) is 0 Å². The number of thiophene rings is 1. The van der Waals surface area contributed by atoms with Crippen LogP contribution in [0.4, 0.5) is 0 Å². The van der Waals surface area contributed by atoms with Crippen LogP contribution >= 0.6 is 22.9 Å². The van der Waals surface area contributed by atoms with Crippen LogP contribution in [0.15, 0.2) is 65.8 Å². The first-order chi connectivity index (χ1) is 16.7. The van der Waals surface area contributed by atoms with Crippen molar-refractivity contribution < 1.29 is 14.4 Å². The minimum absolute atomic E-state index is 0.144. The van der Waals surface area contributed by atoms with Gasteiger partial charge in [-0.25, -0.2) is 0 Å². The fourth-order valence-electron chi connectivity index (χ4n) is 4.22. The number of carbonyl (C=O) groups excluding carboxylic acids is 1. The normalized spacial score (nSPS) is 18.4.